The highest BCUT2D eigenvalue weighted by molar-refractivity contribution is 6.08. The number of fused-ring (bicyclic) bond motifs is 3. The molecular weight excluding hydrogens is 426 g/mol. The van der Waals surface area contributed by atoms with Gasteiger partial charge in [0.1, 0.15) is 11.2 Å². The first-order chi connectivity index (χ1) is 17.1. The monoisotopic (exact) mass is 459 g/mol. The summed E-state index contributed by atoms with van der Waals surface area (Å²) in [6.07, 6.45) is 15.1. The summed E-state index contributed by atoms with van der Waals surface area (Å²) in [6, 6.07) is 15.1. The van der Waals surface area contributed by atoms with Crippen LogP contribution in [0.5, 0.6) is 0 Å². The Morgan fingerprint density at radius 3 is 2.46 bits per heavy atom. The van der Waals surface area contributed by atoms with Crippen LogP contribution in [-0.2, 0) is 0 Å². The van der Waals surface area contributed by atoms with Gasteiger partial charge in [0.05, 0.1) is 0 Å². The van der Waals surface area contributed by atoms with E-state index in [0.29, 0.717) is 0 Å². The first kappa shape index (κ1) is 24.1. The van der Waals surface area contributed by atoms with Crippen molar-refractivity contribution in [3.63, 3.8) is 0 Å². The number of benzene rings is 2. The average Bonchev–Trinajstić information content (AvgIpc) is 3.43. The molecule has 0 saturated heterocycles. The van der Waals surface area contributed by atoms with Gasteiger partial charge in [0.15, 0.2) is 0 Å². The van der Waals surface area contributed by atoms with Gasteiger partial charge in [0, 0.05) is 38.2 Å². The molecule has 35 heavy (non-hydrogen) atoms. The summed E-state index contributed by atoms with van der Waals surface area (Å²) in [4.78, 5) is 3.51. The molecule has 4 aromatic rings. The lowest BCUT2D eigenvalue weighted by atomic mass is 9.96. The van der Waals surface area contributed by atoms with E-state index < -0.39 is 0 Å². The second-order valence-electron chi connectivity index (χ2n) is 8.55. The number of furan rings is 1. The third-order valence-corrected chi connectivity index (χ3v) is 6.52. The van der Waals surface area contributed by atoms with E-state index in [1.807, 2.05) is 25.2 Å². The molecule has 2 aromatic carbocycles. The molecule has 0 aliphatic heterocycles. The summed E-state index contributed by atoms with van der Waals surface area (Å²) in [5.74, 6) is 0.850. The molecule has 0 atom stereocenters. The van der Waals surface area contributed by atoms with Crippen molar-refractivity contribution >= 4 is 51.2 Å². The van der Waals surface area contributed by atoms with E-state index in [2.05, 4.69) is 99.6 Å². The molecular formula is C33H33NO. The van der Waals surface area contributed by atoms with Gasteiger partial charge in [-0.1, -0.05) is 80.8 Å². The Morgan fingerprint density at radius 2 is 1.77 bits per heavy atom. The van der Waals surface area contributed by atoms with Gasteiger partial charge >= 0.3 is 0 Å². The van der Waals surface area contributed by atoms with Crippen molar-refractivity contribution in [3.8, 4) is 0 Å². The molecule has 0 amide bonds. The van der Waals surface area contributed by atoms with Crippen LogP contribution in [0, 0.1) is 0 Å². The third kappa shape index (κ3) is 4.52. The number of rotatable bonds is 7. The summed E-state index contributed by atoms with van der Waals surface area (Å²) in [5, 5.41) is 3.52. The van der Waals surface area contributed by atoms with Crippen LogP contribution in [-0.4, -0.2) is 4.98 Å². The smallest absolute Gasteiger partial charge is 0.142 e. The Balaban J connectivity index is 1.77. The quantitative estimate of drug-likeness (QED) is 0.277. The maximum atomic E-state index is 6.31. The van der Waals surface area contributed by atoms with E-state index in [1.165, 1.54) is 33.0 Å². The molecule has 2 nitrogen and oxygen atoms in total. The fourth-order valence-corrected chi connectivity index (χ4v) is 4.66. The number of aromatic nitrogens is 1. The Kier molecular flexibility index (Phi) is 7.22. The Morgan fingerprint density at radius 1 is 1.00 bits per heavy atom. The second kappa shape index (κ2) is 10.5. The maximum absolute atomic E-state index is 6.31. The lowest BCUT2D eigenvalue weighted by Crippen LogP contribution is -2.20. The van der Waals surface area contributed by atoms with Gasteiger partial charge in [-0.15, -0.1) is 0 Å². The van der Waals surface area contributed by atoms with Crippen molar-refractivity contribution in [1.29, 1.82) is 0 Å². The van der Waals surface area contributed by atoms with Crippen molar-refractivity contribution in [1.82, 2.24) is 4.98 Å². The van der Waals surface area contributed by atoms with E-state index >= 15 is 0 Å². The van der Waals surface area contributed by atoms with Crippen LogP contribution in [0.25, 0.3) is 51.2 Å². The molecule has 2 heterocycles. The van der Waals surface area contributed by atoms with Crippen LogP contribution in [0.3, 0.4) is 0 Å². The summed E-state index contributed by atoms with van der Waals surface area (Å²) >= 11 is 0. The van der Waals surface area contributed by atoms with E-state index in [0.717, 1.165) is 39.5 Å². The molecule has 0 unspecified atom stereocenters. The topological polar surface area (TPSA) is 28.9 Å². The summed E-state index contributed by atoms with van der Waals surface area (Å²) in [7, 11) is 0. The van der Waals surface area contributed by atoms with E-state index in [9.17, 15) is 0 Å². The molecule has 4 rings (SSSR count). The zero-order chi connectivity index (χ0) is 24.9. The number of allylic oxidation sites excluding steroid dienone is 7. The number of H-pyrrole nitrogens is 1. The van der Waals surface area contributed by atoms with Crippen molar-refractivity contribution in [3.05, 3.63) is 113 Å². The fourth-order valence-electron chi connectivity index (χ4n) is 4.66. The third-order valence-electron chi connectivity index (χ3n) is 6.52. The lowest BCUT2D eigenvalue weighted by Gasteiger charge is -2.09. The van der Waals surface area contributed by atoms with Crippen LogP contribution >= 0.6 is 0 Å². The minimum absolute atomic E-state index is 0.836. The SMILES string of the molecule is C=C/C=c1/c(C=C)c(C(=C\C)/C(=C/C=C(\C)c2ccc3[nH]c4ccccc4c3c2)CC)o/c1=C/C. The van der Waals surface area contributed by atoms with Gasteiger partial charge in [0.2, 0.25) is 0 Å². The highest BCUT2D eigenvalue weighted by atomic mass is 16.3. The molecule has 2 aromatic heterocycles. The van der Waals surface area contributed by atoms with Crippen molar-refractivity contribution < 1.29 is 4.42 Å². The van der Waals surface area contributed by atoms with Crippen LogP contribution in [0.2, 0.25) is 0 Å². The van der Waals surface area contributed by atoms with E-state index in [-0.39, 0.29) is 0 Å². The molecule has 176 valence electrons. The van der Waals surface area contributed by atoms with Gasteiger partial charge in [0.25, 0.3) is 0 Å². The number of nitrogens with one attached hydrogen (secondary N) is 1. The molecule has 0 fully saturated rings. The van der Waals surface area contributed by atoms with Gasteiger partial charge in [-0.2, -0.15) is 0 Å². The van der Waals surface area contributed by atoms with E-state index in [1.54, 1.807) is 6.08 Å². The summed E-state index contributed by atoms with van der Waals surface area (Å²) < 4.78 is 6.31. The molecule has 0 aliphatic carbocycles. The highest BCUT2D eigenvalue weighted by Gasteiger charge is 2.15. The highest BCUT2D eigenvalue weighted by Crippen LogP contribution is 2.30. The number of hydrogen-bond acceptors (Lipinski definition) is 1. The van der Waals surface area contributed by atoms with Crippen LogP contribution < -0.4 is 10.6 Å². The minimum Gasteiger partial charge on any atom is -0.456 e. The van der Waals surface area contributed by atoms with Gasteiger partial charge in [-0.25, -0.2) is 0 Å². The van der Waals surface area contributed by atoms with Crippen molar-refractivity contribution in [2.24, 2.45) is 0 Å². The van der Waals surface area contributed by atoms with Gasteiger partial charge in [-0.05, 0) is 68.2 Å². The zero-order valence-corrected chi connectivity index (χ0v) is 21.1. The Hall–Kier alpha value is -4.04. The van der Waals surface area contributed by atoms with Crippen molar-refractivity contribution in [2.75, 3.05) is 0 Å². The number of aromatic amines is 1. The minimum atomic E-state index is 0.836. The predicted molar refractivity (Wildman–Crippen MR) is 154 cm³/mol. The molecule has 0 spiro atoms. The molecule has 0 saturated carbocycles. The molecule has 2 heteroatoms. The number of para-hydroxylation sites is 1. The van der Waals surface area contributed by atoms with Crippen LogP contribution in [0.4, 0.5) is 0 Å². The summed E-state index contributed by atoms with van der Waals surface area (Å²) in [5.41, 5.74) is 8.89. The zero-order valence-electron chi connectivity index (χ0n) is 21.1. The first-order valence-corrected chi connectivity index (χ1v) is 12.2. The van der Waals surface area contributed by atoms with Crippen molar-refractivity contribution in [2.45, 2.75) is 34.1 Å². The van der Waals surface area contributed by atoms with Gasteiger partial charge in [-0.3, -0.25) is 0 Å². The molecule has 1 N–H and O–H groups in total. The fraction of sp³-hybridized carbons (Fsp3) is 0.152. The molecule has 0 aliphatic rings. The van der Waals surface area contributed by atoms with Crippen LogP contribution in [0.15, 0.2) is 89.9 Å². The summed E-state index contributed by atoms with van der Waals surface area (Å²) in [6.45, 7) is 16.3. The molecule has 0 bridgehead atoms. The molecule has 0 radical (unpaired) electrons. The predicted octanol–water partition coefficient (Wildman–Crippen LogP) is 8.17. The van der Waals surface area contributed by atoms with Crippen LogP contribution in [0.1, 0.15) is 51.0 Å². The Bertz CT molecular complexity index is 1630. The van der Waals surface area contributed by atoms with Gasteiger partial charge < -0.3 is 9.40 Å². The Labute approximate surface area is 207 Å². The standard InChI is InChI=1S/C33H33NO/c1-7-14-28-26(10-4)33(35-32(28)11-5)25(9-3)23(8-2)18-17-22(6)24-19-20-31-29(21-24)27-15-12-13-16-30(27)34-31/h7,9-21,34H,1,4,8H2,2-3,5-6H3/b22-17+,23-18+,25-9-,28-14-,32-11+. The average molecular weight is 460 g/mol. The largest absolute Gasteiger partial charge is 0.456 e. The normalized spacial score (nSPS) is 14.3. The second-order valence-corrected chi connectivity index (χ2v) is 8.55. The lowest BCUT2D eigenvalue weighted by molar-refractivity contribution is 0.517. The number of hydrogen-bond donors (Lipinski definition) is 1. The first-order valence-electron chi connectivity index (χ1n) is 12.2. The van der Waals surface area contributed by atoms with E-state index in [4.69, 9.17) is 4.42 Å². The maximum Gasteiger partial charge on any atom is 0.142 e.